The van der Waals surface area contributed by atoms with Crippen molar-refractivity contribution in [1.29, 1.82) is 0 Å². The van der Waals surface area contributed by atoms with E-state index < -0.39 is 0 Å². The van der Waals surface area contributed by atoms with Gasteiger partial charge in [0.2, 0.25) is 0 Å². The predicted octanol–water partition coefficient (Wildman–Crippen LogP) is 4.56. The normalized spacial score (nSPS) is 17.8. The smallest absolute Gasteiger partial charge is 0.126 e. The third kappa shape index (κ3) is 4.90. The SMILES string of the molecule is CC(C)NCC(Cc1ccccc1F)CC1CCCC1. The quantitative estimate of drug-likeness (QED) is 0.770. The van der Waals surface area contributed by atoms with Crippen LogP contribution in [0.2, 0.25) is 0 Å². The maximum Gasteiger partial charge on any atom is 0.126 e. The molecule has 1 aromatic rings. The van der Waals surface area contributed by atoms with Gasteiger partial charge in [0, 0.05) is 6.04 Å². The summed E-state index contributed by atoms with van der Waals surface area (Å²) in [5.41, 5.74) is 0.876. The van der Waals surface area contributed by atoms with E-state index in [0.717, 1.165) is 24.4 Å². The summed E-state index contributed by atoms with van der Waals surface area (Å²) in [6, 6.07) is 7.74. The van der Waals surface area contributed by atoms with E-state index in [1.807, 2.05) is 12.1 Å². The molecular formula is C18H28FN. The first kappa shape index (κ1) is 15.5. The van der Waals surface area contributed by atoms with Crippen LogP contribution in [-0.4, -0.2) is 12.6 Å². The predicted molar refractivity (Wildman–Crippen MR) is 83.3 cm³/mol. The van der Waals surface area contributed by atoms with Gasteiger partial charge in [-0.3, -0.25) is 0 Å². The second-order valence-corrected chi connectivity index (χ2v) is 6.61. The molecule has 0 spiro atoms. The van der Waals surface area contributed by atoms with Crippen LogP contribution in [0, 0.1) is 17.7 Å². The molecule has 2 rings (SSSR count). The van der Waals surface area contributed by atoms with Crippen LogP contribution in [0.5, 0.6) is 0 Å². The Balaban J connectivity index is 1.95. The second kappa shape index (κ2) is 7.78. The minimum Gasteiger partial charge on any atom is -0.314 e. The molecule has 0 amide bonds. The average molecular weight is 277 g/mol. The number of hydrogen-bond acceptors (Lipinski definition) is 1. The van der Waals surface area contributed by atoms with Gasteiger partial charge in [-0.2, -0.15) is 0 Å². The minimum atomic E-state index is -0.0477. The standard InChI is InChI=1S/C18H28FN/c1-14(2)20-13-16(11-15-7-3-4-8-15)12-17-9-5-6-10-18(17)19/h5-6,9-10,14-16,20H,3-4,7-8,11-13H2,1-2H3. The molecule has 1 aliphatic rings. The third-order valence-corrected chi connectivity index (χ3v) is 4.42. The highest BCUT2D eigenvalue weighted by molar-refractivity contribution is 5.18. The number of hydrogen-bond donors (Lipinski definition) is 1. The van der Waals surface area contributed by atoms with E-state index >= 15 is 0 Å². The molecule has 2 heteroatoms. The Hall–Kier alpha value is -0.890. The molecule has 1 saturated carbocycles. The Labute approximate surface area is 123 Å². The Kier molecular flexibility index (Phi) is 6.03. The van der Waals surface area contributed by atoms with Crippen LogP contribution < -0.4 is 5.32 Å². The molecule has 0 bridgehead atoms. The Bertz CT molecular complexity index is 396. The van der Waals surface area contributed by atoms with Crippen molar-refractivity contribution in [3.63, 3.8) is 0 Å². The molecule has 0 saturated heterocycles. The van der Waals surface area contributed by atoms with Crippen molar-refractivity contribution in [3.05, 3.63) is 35.6 Å². The van der Waals surface area contributed by atoms with Gasteiger partial charge in [0.15, 0.2) is 0 Å². The molecule has 0 radical (unpaired) electrons. The van der Waals surface area contributed by atoms with Crippen molar-refractivity contribution in [3.8, 4) is 0 Å². The minimum absolute atomic E-state index is 0.0477. The topological polar surface area (TPSA) is 12.0 Å². The summed E-state index contributed by atoms with van der Waals surface area (Å²) < 4.78 is 13.8. The zero-order chi connectivity index (χ0) is 14.4. The van der Waals surface area contributed by atoms with Gasteiger partial charge >= 0.3 is 0 Å². The zero-order valence-corrected chi connectivity index (χ0v) is 12.9. The molecule has 0 aromatic heterocycles. The van der Waals surface area contributed by atoms with Crippen molar-refractivity contribution in [1.82, 2.24) is 5.32 Å². The van der Waals surface area contributed by atoms with Crippen LogP contribution in [0.4, 0.5) is 4.39 Å². The number of halogens is 1. The first-order valence-corrected chi connectivity index (χ1v) is 8.12. The summed E-state index contributed by atoms with van der Waals surface area (Å²) in [4.78, 5) is 0. The highest BCUT2D eigenvalue weighted by Gasteiger charge is 2.21. The van der Waals surface area contributed by atoms with Gasteiger partial charge in [0.1, 0.15) is 5.82 Å². The highest BCUT2D eigenvalue weighted by Crippen LogP contribution is 2.31. The highest BCUT2D eigenvalue weighted by atomic mass is 19.1. The van der Waals surface area contributed by atoms with E-state index in [9.17, 15) is 4.39 Å². The first-order valence-electron chi connectivity index (χ1n) is 8.12. The van der Waals surface area contributed by atoms with Crippen LogP contribution in [0.15, 0.2) is 24.3 Å². The molecule has 1 atom stereocenters. The lowest BCUT2D eigenvalue weighted by Crippen LogP contribution is -2.31. The van der Waals surface area contributed by atoms with Gasteiger partial charge in [-0.05, 0) is 42.9 Å². The van der Waals surface area contributed by atoms with Crippen LogP contribution in [0.25, 0.3) is 0 Å². The second-order valence-electron chi connectivity index (χ2n) is 6.61. The van der Waals surface area contributed by atoms with E-state index in [4.69, 9.17) is 0 Å². The Morgan fingerprint density at radius 2 is 1.90 bits per heavy atom. The van der Waals surface area contributed by atoms with Crippen LogP contribution in [-0.2, 0) is 6.42 Å². The molecule has 1 fully saturated rings. The summed E-state index contributed by atoms with van der Waals surface area (Å²) in [6.07, 6.45) is 7.62. The summed E-state index contributed by atoms with van der Waals surface area (Å²) in [6.45, 7) is 5.36. The third-order valence-electron chi connectivity index (χ3n) is 4.42. The van der Waals surface area contributed by atoms with Crippen molar-refractivity contribution in [2.45, 2.75) is 58.4 Å². The van der Waals surface area contributed by atoms with Gasteiger partial charge in [0.05, 0.1) is 0 Å². The van der Waals surface area contributed by atoms with Gasteiger partial charge in [-0.1, -0.05) is 57.7 Å². The maximum absolute atomic E-state index is 13.8. The molecular weight excluding hydrogens is 249 g/mol. The van der Waals surface area contributed by atoms with Gasteiger partial charge in [0.25, 0.3) is 0 Å². The monoisotopic (exact) mass is 277 g/mol. The van der Waals surface area contributed by atoms with E-state index in [-0.39, 0.29) is 5.82 Å². The van der Waals surface area contributed by atoms with E-state index in [2.05, 4.69) is 19.2 Å². The molecule has 1 aromatic carbocycles. The first-order chi connectivity index (χ1) is 9.65. The molecule has 20 heavy (non-hydrogen) atoms. The number of nitrogens with one attached hydrogen (secondary N) is 1. The molecule has 1 unspecified atom stereocenters. The number of benzene rings is 1. The Morgan fingerprint density at radius 3 is 2.55 bits per heavy atom. The summed E-state index contributed by atoms with van der Waals surface area (Å²) >= 11 is 0. The van der Waals surface area contributed by atoms with Crippen LogP contribution >= 0.6 is 0 Å². The molecule has 0 aliphatic heterocycles. The lowest BCUT2D eigenvalue weighted by atomic mass is 9.88. The lowest BCUT2D eigenvalue weighted by Gasteiger charge is -2.22. The van der Waals surface area contributed by atoms with Crippen molar-refractivity contribution < 1.29 is 4.39 Å². The average Bonchev–Trinajstić information content (AvgIpc) is 2.91. The lowest BCUT2D eigenvalue weighted by molar-refractivity contribution is 0.345. The van der Waals surface area contributed by atoms with E-state index in [0.29, 0.717) is 12.0 Å². The largest absolute Gasteiger partial charge is 0.314 e. The zero-order valence-electron chi connectivity index (χ0n) is 12.9. The summed E-state index contributed by atoms with van der Waals surface area (Å²) in [5.74, 6) is 1.37. The van der Waals surface area contributed by atoms with E-state index in [1.54, 1.807) is 12.1 Å². The van der Waals surface area contributed by atoms with Crippen LogP contribution in [0.3, 0.4) is 0 Å². The number of rotatable bonds is 7. The fourth-order valence-corrected chi connectivity index (χ4v) is 3.33. The van der Waals surface area contributed by atoms with Crippen molar-refractivity contribution in [2.75, 3.05) is 6.54 Å². The fraction of sp³-hybridized carbons (Fsp3) is 0.667. The fourth-order valence-electron chi connectivity index (χ4n) is 3.33. The molecule has 1 nitrogen and oxygen atoms in total. The van der Waals surface area contributed by atoms with E-state index in [1.165, 1.54) is 32.1 Å². The summed E-state index contributed by atoms with van der Waals surface area (Å²) in [5, 5.41) is 3.54. The van der Waals surface area contributed by atoms with Crippen molar-refractivity contribution >= 4 is 0 Å². The van der Waals surface area contributed by atoms with Gasteiger partial charge in [-0.15, -0.1) is 0 Å². The maximum atomic E-state index is 13.8. The molecule has 1 N–H and O–H groups in total. The molecule has 112 valence electrons. The van der Waals surface area contributed by atoms with Crippen LogP contribution in [0.1, 0.15) is 51.5 Å². The van der Waals surface area contributed by atoms with Gasteiger partial charge < -0.3 is 5.32 Å². The van der Waals surface area contributed by atoms with Crippen molar-refractivity contribution in [2.24, 2.45) is 11.8 Å². The Morgan fingerprint density at radius 1 is 1.20 bits per heavy atom. The van der Waals surface area contributed by atoms with Gasteiger partial charge in [-0.25, -0.2) is 4.39 Å². The molecule has 1 aliphatic carbocycles. The summed E-state index contributed by atoms with van der Waals surface area (Å²) in [7, 11) is 0. The molecule has 0 heterocycles.